The SMILES string of the molecule is c1ccc(-n2c3ccccc3c3sc4c(-c5ccc(N(c6cccc7ccccc67)c6cccc7ccccc67)cc5)cccc4c32)cc1. The summed E-state index contributed by atoms with van der Waals surface area (Å²) in [5, 5.41) is 7.49. The first-order chi connectivity index (χ1) is 24.3. The fraction of sp³-hybridized carbons (Fsp3) is 0. The summed E-state index contributed by atoms with van der Waals surface area (Å²) in [4.78, 5) is 2.42. The van der Waals surface area contributed by atoms with Crippen molar-refractivity contribution in [3.05, 3.63) is 182 Å². The normalized spacial score (nSPS) is 11.7. The van der Waals surface area contributed by atoms with Gasteiger partial charge in [-0.2, -0.15) is 0 Å². The number of fused-ring (bicyclic) bond motifs is 7. The van der Waals surface area contributed by atoms with Crippen LogP contribution in [-0.2, 0) is 0 Å². The quantitative estimate of drug-likeness (QED) is 0.181. The van der Waals surface area contributed by atoms with E-state index in [1.807, 2.05) is 11.3 Å². The van der Waals surface area contributed by atoms with E-state index in [0.717, 1.165) is 5.69 Å². The molecule has 2 aromatic heterocycles. The molecule has 0 atom stereocenters. The third-order valence-corrected chi connectivity index (χ3v) is 11.0. The number of hydrogen-bond acceptors (Lipinski definition) is 2. The number of para-hydroxylation sites is 2. The Kier molecular flexibility index (Phi) is 6.39. The molecule has 0 saturated carbocycles. The van der Waals surface area contributed by atoms with Crippen molar-refractivity contribution < 1.29 is 0 Å². The van der Waals surface area contributed by atoms with Crippen LogP contribution >= 0.6 is 11.3 Å². The maximum Gasteiger partial charge on any atom is 0.0727 e. The van der Waals surface area contributed by atoms with Crippen LogP contribution in [0.25, 0.3) is 69.6 Å². The number of rotatable bonds is 5. The van der Waals surface area contributed by atoms with Crippen LogP contribution < -0.4 is 4.90 Å². The van der Waals surface area contributed by atoms with Crippen LogP contribution in [0.1, 0.15) is 0 Å². The molecule has 230 valence electrons. The molecule has 3 heteroatoms. The van der Waals surface area contributed by atoms with E-state index in [4.69, 9.17) is 0 Å². The number of thiophene rings is 1. The largest absolute Gasteiger partial charge is 0.309 e. The molecule has 0 N–H and O–H groups in total. The lowest BCUT2D eigenvalue weighted by Gasteiger charge is -2.28. The summed E-state index contributed by atoms with van der Waals surface area (Å²) >= 11 is 1.90. The Morgan fingerprint density at radius 1 is 0.408 bits per heavy atom. The minimum Gasteiger partial charge on any atom is -0.309 e. The van der Waals surface area contributed by atoms with Crippen LogP contribution in [0.3, 0.4) is 0 Å². The lowest BCUT2D eigenvalue weighted by Crippen LogP contribution is -2.11. The van der Waals surface area contributed by atoms with Gasteiger partial charge in [0.2, 0.25) is 0 Å². The molecule has 0 aliphatic heterocycles. The molecule has 0 aliphatic carbocycles. The van der Waals surface area contributed by atoms with Gasteiger partial charge in [-0.05, 0) is 64.4 Å². The predicted octanol–water partition coefficient (Wildman–Crippen LogP) is 13.4. The molecule has 10 rings (SSSR count). The third kappa shape index (κ3) is 4.40. The lowest BCUT2D eigenvalue weighted by molar-refractivity contribution is 1.19. The molecule has 0 aliphatic rings. The second-order valence-corrected chi connectivity index (χ2v) is 13.5. The monoisotopic (exact) mass is 642 g/mol. The zero-order valence-electron chi connectivity index (χ0n) is 26.6. The van der Waals surface area contributed by atoms with Gasteiger partial charge in [0.1, 0.15) is 0 Å². The molecule has 2 heterocycles. The van der Waals surface area contributed by atoms with Gasteiger partial charge >= 0.3 is 0 Å². The Balaban J connectivity index is 1.16. The highest BCUT2D eigenvalue weighted by molar-refractivity contribution is 7.27. The molecule has 49 heavy (non-hydrogen) atoms. The second kappa shape index (κ2) is 11.2. The van der Waals surface area contributed by atoms with Crippen LogP contribution in [-0.4, -0.2) is 4.57 Å². The summed E-state index contributed by atoms with van der Waals surface area (Å²) in [6.45, 7) is 0. The van der Waals surface area contributed by atoms with E-state index in [9.17, 15) is 0 Å². The van der Waals surface area contributed by atoms with Crippen molar-refractivity contribution in [1.82, 2.24) is 4.57 Å². The van der Waals surface area contributed by atoms with Crippen molar-refractivity contribution >= 4 is 81.1 Å². The number of nitrogens with zero attached hydrogens (tertiary/aromatic N) is 2. The summed E-state index contributed by atoms with van der Waals surface area (Å²) in [7, 11) is 0. The molecular formula is C46H30N2S. The van der Waals surface area contributed by atoms with Crippen LogP contribution in [0.15, 0.2) is 182 Å². The minimum absolute atomic E-state index is 1.13. The van der Waals surface area contributed by atoms with E-state index in [1.165, 1.54) is 80.9 Å². The Labute approximate surface area is 288 Å². The molecule has 0 radical (unpaired) electrons. The smallest absolute Gasteiger partial charge is 0.0727 e. The summed E-state index contributed by atoms with van der Waals surface area (Å²) in [5.41, 5.74) is 9.64. The maximum atomic E-state index is 2.43. The topological polar surface area (TPSA) is 8.17 Å². The van der Waals surface area contributed by atoms with Crippen LogP contribution in [0, 0.1) is 0 Å². The molecule has 0 amide bonds. The van der Waals surface area contributed by atoms with Gasteiger partial charge in [-0.25, -0.2) is 0 Å². The number of benzene rings is 8. The predicted molar refractivity (Wildman–Crippen MR) is 211 cm³/mol. The van der Waals surface area contributed by atoms with Gasteiger partial charge in [-0.3, -0.25) is 0 Å². The average Bonchev–Trinajstić information content (AvgIpc) is 3.71. The van der Waals surface area contributed by atoms with Crippen LogP contribution in [0.2, 0.25) is 0 Å². The van der Waals surface area contributed by atoms with Crippen molar-refractivity contribution in [3.63, 3.8) is 0 Å². The van der Waals surface area contributed by atoms with Gasteiger partial charge in [0.05, 0.1) is 27.1 Å². The standard InChI is InChI=1S/C46H30N2S/c1-2-17-34(18-3-1)48-43-24-9-8-21-39(43)46-44(48)40-23-12-22-38(45(40)49-46)33-27-29-35(30-28-33)47(41-25-10-15-31-13-4-6-19-36(31)41)42-26-11-16-32-14-5-7-20-37(32)42/h1-30H. The van der Waals surface area contributed by atoms with Crippen LogP contribution in [0.5, 0.6) is 0 Å². The fourth-order valence-electron chi connectivity index (χ4n) is 7.57. The van der Waals surface area contributed by atoms with E-state index in [2.05, 4.69) is 191 Å². The molecular weight excluding hydrogens is 613 g/mol. The number of aromatic nitrogens is 1. The highest BCUT2D eigenvalue weighted by Gasteiger charge is 2.21. The maximum absolute atomic E-state index is 2.43. The lowest BCUT2D eigenvalue weighted by atomic mass is 10.0. The minimum atomic E-state index is 1.13. The van der Waals surface area contributed by atoms with E-state index >= 15 is 0 Å². The first kappa shape index (κ1) is 27.9. The van der Waals surface area contributed by atoms with Gasteiger partial charge in [-0.1, -0.05) is 140 Å². The van der Waals surface area contributed by atoms with Crippen molar-refractivity contribution in [2.75, 3.05) is 4.90 Å². The Morgan fingerprint density at radius 2 is 0.959 bits per heavy atom. The molecule has 8 aromatic carbocycles. The summed E-state index contributed by atoms with van der Waals surface area (Å²) in [6.07, 6.45) is 0. The highest BCUT2D eigenvalue weighted by Crippen LogP contribution is 2.47. The highest BCUT2D eigenvalue weighted by atomic mass is 32.1. The Bertz CT molecular complexity index is 2740. The van der Waals surface area contributed by atoms with Crippen molar-refractivity contribution in [1.29, 1.82) is 0 Å². The Morgan fingerprint density at radius 3 is 1.65 bits per heavy atom. The van der Waals surface area contributed by atoms with E-state index in [0.29, 0.717) is 0 Å². The van der Waals surface area contributed by atoms with Crippen molar-refractivity contribution in [2.45, 2.75) is 0 Å². The molecule has 10 aromatic rings. The van der Waals surface area contributed by atoms with Gasteiger partial charge < -0.3 is 9.47 Å². The number of anilines is 3. The van der Waals surface area contributed by atoms with Crippen molar-refractivity contribution in [3.8, 4) is 16.8 Å². The van der Waals surface area contributed by atoms with E-state index < -0.39 is 0 Å². The summed E-state index contributed by atoms with van der Waals surface area (Å²) < 4.78 is 5.08. The summed E-state index contributed by atoms with van der Waals surface area (Å²) in [5.74, 6) is 0. The van der Waals surface area contributed by atoms with Gasteiger partial charge in [0, 0.05) is 37.6 Å². The zero-order chi connectivity index (χ0) is 32.3. The van der Waals surface area contributed by atoms with Gasteiger partial charge in [-0.15, -0.1) is 11.3 Å². The van der Waals surface area contributed by atoms with E-state index in [1.54, 1.807) is 0 Å². The van der Waals surface area contributed by atoms with Crippen LogP contribution in [0.4, 0.5) is 17.1 Å². The molecule has 0 fully saturated rings. The molecule has 0 saturated heterocycles. The summed E-state index contributed by atoms with van der Waals surface area (Å²) in [6, 6.07) is 66.0. The molecule has 0 unspecified atom stereocenters. The van der Waals surface area contributed by atoms with Gasteiger partial charge in [0.25, 0.3) is 0 Å². The molecule has 0 bridgehead atoms. The zero-order valence-corrected chi connectivity index (χ0v) is 27.4. The first-order valence-electron chi connectivity index (χ1n) is 16.7. The van der Waals surface area contributed by atoms with Gasteiger partial charge in [0.15, 0.2) is 0 Å². The number of hydrogen-bond donors (Lipinski definition) is 0. The third-order valence-electron chi connectivity index (χ3n) is 9.77. The second-order valence-electron chi connectivity index (χ2n) is 12.5. The van der Waals surface area contributed by atoms with Crippen molar-refractivity contribution in [2.24, 2.45) is 0 Å². The molecule has 0 spiro atoms. The first-order valence-corrected chi connectivity index (χ1v) is 17.5. The Hall–Kier alpha value is -6.16. The average molecular weight is 643 g/mol. The van der Waals surface area contributed by atoms with E-state index in [-0.39, 0.29) is 0 Å². The molecule has 2 nitrogen and oxygen atoms in total. The fourth-order valence-corrected chi connectivity index (χ4v) is 8.92.